The Bertz CT molecular complexity index is 439. The van der Waals surface area contributed by atoms with Gasteiger partial charge in [-0.2, -0.15) is 0 Å². The van der Waals surface area contributed by atoms with Gasteiger partial charge in [-0.1, -0.05) is 0 Å². The second-order valence-corrected chi connectivity index (χ2v) is 6.76. The fourth-order valence-corrected chi connectivity index (χ4v) is 1.59. The van der Waals surface area contributed by atoms with Crippen LogP contribution in [0.5, 0.6) is 0 Å². The van der Waals surface area contributed by atoms with Gasteiger partial charge in [0.15, 0.2) is 0 Å². The number of rotatable bonds is 1. The van der Waals surface area contributed by atoms with Gasteiger partial charge < -0.3 is 14.6 Å². The number of nitrogens with zero attached hydrogens (tertiary/aromatic N) is 1. The monoisotopic (exact) mass is 285 g/mol. The van der Waals surface area contributed by atoms with E-state index in [1.807, 2.05) is 0 Å². The molecule has 0 spiro atoms. The first kappa shape index (κ1) is 16.3. The molecule has 0 aromatic heterocycles. The molecule has 0 aromatic carbocycles. The molecule has 0 saturated carbocycles. The summed E-state index contributed by atoms with van der Waals surface area (Å²) in [5.41, 5.74) is -1.17. The average molecular weight is 285 g/mol. The number of hydrogen-bond donors (Lipinski definition) is 1. The molecule has 0 aliphatic carbocycles. The van der Waals surface area contributed by atoms with Crippen LogP contribution >= 0.6 is 0 Å². The van der Waals surface area contributed by atoms with E-state index >= 15 is 0 Å². The Morgan fingerprint density at radius 1 is 1.00 bits per heavy atom. The summed E-state index contributed by atoms with van der Waals surface area (Å²) in [6, 6.07) is 0. The van der Waals surface area contributed by atoms with Crippen LogP contribution < -0.4 is 0 Å². The summed E-state index contributed by atoms with van der Waals surface area (Å²) in [4.78, 5) is 25.0. The van der Waals surface area contributed by atoms with E-state index in [0.29, 0.717) is 0 Å². The summed E-state index contributed by atoms with van der Waals surface area (Å²) < 4.78 is 10.4. The number of carbonyl (C=O) groups is 2. The van der Waals surface area contributed by atoms with E-state index in [-0.39, 0.29) is 24.4 Å². The highest BCUT2D eigenvalue weighted by Gasteiger charge is 2.34. The zero-order chi connectivity index (χ0) is 15.7. The Kier molecular flexibility index (Phi) is 4.36. The van der Waals surface area contributed by atoms with Crippen molar-refractivity contribution in [2.45, 2.75) is 52.7 Å². The molecule has 1 heterocycles. The largest absolute Gasteiger partial charge is 0.510 e. The molecule has 0 unspecified atom stereocenters. The predicted octanol–water partition coefficient (Wildman–Crippen LogP) is 2.39. The van der Waals surface area contributed by atoms with E-state index in [2.05, 4.69) is 0 Å². The minimum absolute atomic E-state index is 0.00431. The first-order valence-electron chi connectivity index (χ1n) is 6.51. The Morgan fingerprint density at radius 3 is 1.95 bits per heavy atom. The molecule has 1 N–H and O–H groups in total. The van der Waals surface area contributed by atoms with Crippen LogP contribution in [0, 0.1) is 0 Å². The zero-order valence-corrected chi connectivity index (χ0v) is 12.9. The van der Waals surface area contributed by atoms with Gasteiger partial charge in [-0.25, -0.2) is 9.59 Å². The van der Waals surface area contributed by atoms with Gasteiger partial charge in [0.1, 0.15) is 17.0 Å². The second-order valence-electron chi connectivity index (χ2n) is 6.76. The molecule has 1 amide bonds. The van der Waals surface area contributed by atoms with Crippen molar-refractivity contribution in [1.82, 2.24) is 4.90 Å². The smallest absolute Gasteiger partial charge is 0.411 e. The van der Waals surface area contributed by atoms with E-state index in [9.17, 15) is 14.7 Å². The van der Waals surface area contributed by atoms with E-state index in [1.165, 1.54) is 4.90 Å². The summed E-state index contributed by atoms with van der Waals surface area (Å²) in [5.74, 6) is -0.758. The van der Waals surface area contributed by atoms with E-state index in [4.69, 9.17) is 9.47 Å². The van der Waals surface area contributed by atoms with Crippen LogP contribution in [-0.4, -0.2) is 46.4 Å². The number of ether oxygens (including phenoxy) is 2. The summed E-state index contributed by atoms with van der Waals surface area (Å²) >= 11 is 0. The Labute approximate surface area is 119 Å². The number of esters is 1. The standard InChI is InChI=1S/C14H23NO5/c1-13(2,3)19-11(17)9-7-15(8-10(9)16)12(18)20-14(4,5)6/h16H,7-8H2,1-6H3. The van der Waals surface area contributed by atoms with Crippen LogP contribution in [0.25, 0.3) is 0 Å². The summed E-state index contributed by atoms with van der Waals surface area (Å²) in [7, 11) is 0. The van der Waals surface area contributed by atoms with E-state index in [0.717, 1.165) is 0 Å². The number of carbonyl (C=O) groups excluding carboxylic acids is 2. The van der Waals surface area contributed by atoms with Crippen LogP contribution in [-0.2, 0) is 14.3 Å². The van der Waals surface area contributed by atoms with Gasteiger partial charge in [0.05, 0.1) is 18.7 Å². The van der Waals surface area contributed by atoms with Gasteiger partial charge in [0.2, 0.25) is 0 Å². The number of amides is 1. The lowest BCUT2D eigenvalue weighted by molar-refractivity contribution is -0.150. The van der Waals surface area contributed by atoms with Gasteiger partial charge >= 0.3 is 12.1 Å². The second kappa shape index (κ2) is 5.34. The molecule has 1 rings (SSSR count). The predicted molar refractivity (Wildman–Crippen MR) is 73.3 cm³/mol. The Balaban J connectivity index is 2.68. The van der Waals surface area contributed by atoms with Crippen molar-refractivity contribution in [3.63, 3.8) is 0 Å². The first-order chi connectivity index (χ1) is 8.89. The van der Waals surface area contributed by atoms with Crippen LogP contribution in [0.2, 0.25) is 0 Å². The molecule has 0 atom stereocenters. The quantitative estimate of drug-likeness (QED) is 0.749. The first-order valence-corrected chi connectivity index (χ1v) is 6.51. The third-order valence-corrected chi connectivity index (χ3v) is 2.33. The third-order valence-electron chi connectivity index (χ3n) is 2.33. The molecule has 6 heteroatoms. The maximum absolute atomic E-state index is 11.9. The molecule has 1 aliphatic heterocycles. The molecule has 0 fully saturated rings. The van der Waals surface area contributed by atoms with Crippen molar-refractivity contribution in [3.05, 3.63) is 11.3 Å². The van der Waals surface area contributed by atoms with Crippen LogP contribution in [0.1, 0.15) is 41.5 Å². The highest BCUT2D eigenvalue weighted by molar-refractivity contribution is 5.91. The average Bonchev–Trinajstić information content (AvgIpc) is 2.55. The SMILES string of the molecule is CC(C)(C)OC(=O)C1=C(O)CN(C(=O)OC(C)(C)C)C1. The van der Waals surface area contributed by atoms with Crippen LogP contribution in [0.3, 0.4) is 0 Å². The van der Waals surface area contributed by atoms with Crippen molar-refractivity contribution in [1.29, 1.82) is 0 Å². The third kappa shape index (κ3) is 4.75. The van der Waals surface area contributed by atoms with Crippen LogP contribution in [0.4, 0.5) is 4.79 Å². The van der Waals surface area contributed by atoms with Crippen molar-refractivity contribution in [2.24, 2.45) is 0 Å². The van der Waals surface area contributed by atoms with Gasteiger partial charge in [-0.15, -0.1) is 0 Å². The lowest BCUT2D eigenvalue weighted by atomic mass is 10.2. The molecule has 1 aliphatic rings. The molecule has 0 aromatic rings. The molecule has 0 saturated heterocycles. The molecule has 114 valence electrons. The van der Waals surface area contributed by atoms with Gasteiger partial charge in [0.25, 0.3) is 0 Å². The maximum atomic E-state index is 11.9. The van der Waals surface area contributed by atoms with Gasteiger partial charge in [-0.05, 0) is 41.5 Å². The minimum Gasteiger partial charge on any atom is -0.510 e. The summed E-state index contributed by atoms with van der Waals surface area (Å²) in [5, 5.41) is 9.80. The van der Waals surface area contributed by atoms with Crippen molar-refractivity contribution in [3.8, 4) is 0 Å². The zero-order valence-electron chi connectivity index (χ0n) is 12.9. The van der Waals surface area contributed by atoms with Crippen LogP contribution in [0.15, 0.2) is 11.3 Å². The van der Waals surface area contributed by atoms with Crippen molar-refractivity contribution in [2.75, 3.05) is 13.1 Å². The highest BCUT2D eigenvalue weighted by atomic mass is 16.6. The highest BCUT2D eigenvalue weighted by Crippen LogP contribution is 2.21. The number of aliphatic hydroxyl groups excluding tert-OH is 1. The lowest BCUT2D eigenvalue weighted by Crippen LogP contribution is -2.36. The van der Waals surface area contributed by atoms with Crippen molar-refractivity contribution >= 4 is 12.1 Å². The van der Waals surface area contributed by atoms with E-state index < -0.39 is 23.3 Å². The number of aliphatic hydroxyl groups is 1. The molecular weight excluding hydrogens is 262 g/mol. The molecule has 0 radical (unpaired) electrons. The van der Waals surface area contributed by atoms with Gasteiger partial charge in [-0.3, -0.25) is 4.90 Å². The fraction of sp³-hybridized carbons (Fsp3) is 0.714. The van der Waals surface area contributed by atoms with E-state index in [1.54, 1.807) is 41.5 Å². The Hall–Kier alpha value is -1.72. The van der Waals surface area contributed by atoms with Crippen molar-refractivity contribution < 1.29 is 24.2 Å². The number of hydrogen-bond acceptors (Lipinski definition) is 5. The molecule has 0 bridgehead atoms. The molecule has 20 heavy (non-hydrogen) atoms. The topological polar surface area (TPSA) is 76.1 Å². The fourth-order valence-electron chi connectivity index (χ4n) is 1.59. The minimum atomic E-state index is -0.649. The van der Waals surface area contributed by atoms with Gasteiger partial charge in [0, 0.05) is 0 Å². The Morgan fingerprint density at radius 2 is 1.50 bits per heavy atom. The molecular formula is C14H23NO5. The molecule has 6 nitrogen and oxygen atoms in total. The summed E-state index contributed by atoms with van der Waals surface area (Å²) in [6.45, 7) is 10.4. The lowest BCUT2D eigenvalue weighted by Gasteiger charge is -2.24. The maximum Gasteiger partial charge on any atom is 0.411 e. The normalized spacial score (nSPS) is 16.4. The summed E-state index contributed by atoms with van der Waals surface area (Å²) in [6.07, 6.45) is -0.567.